The smallest absolute Gasteiger partial charge is 0.274 e. The second-order valence-corrected chi connectivity index (χ2v) is 5.64. The van der Waals surface area contributed by atoms with Gasteiger partial charge in [0.2, 0.25) is 5.69 Å². The lowest BCUT2D eigenvalue weighted by atomic mass is 10.1. The average molecular weight is 340 g/mol. The molecule has 0 aliphatic carbocycles. The highest BCUT2D eigenvalue weighted by molar-refractivity contribution is 5.92. The van der Waals surface area contributed by atoms with E-state index in [4.69, 9.17) is 10.00 Å². The summed E-state index contributed by atoms with van der Waals surface area (Å²) in [5.74, 6) is -0.0897. The number of likely N-dealkylation sites (tertiary alicyclic amines) is 1. The number of nitriles is 1. The summed E-state index contributed by atoms with van der Waals surface area (Å²) in [4.78, 5) is 33.6. The third-order valence-corrected chi connectivity index (χ3v) is 3.89. The largest absolute Gasteiger partial charge is 0.470 e. The van der Waals surface area contributed by atoms with Gasteiger partial charge >= 0.3 is 0 Å². The van der Waals surface area contributed by atoms with Gasteiger partial charge in [0.05, 0.1) is 6.54 Å². The minimum Gasteiger partial charge on any atom is -0.470 e. The van der Waals surface area contributed by atoms with Crippen molar-refractivity contribution in [2.45, 2.75) is 18.9 Å². The first-order chi connectivity index (χ1) is 12.1. The van der Waals surface area contributed by atoms with E-state index in [1.807, 2.05) is 6.07 Å². The van der Waals surface area contributed by atoms with Crippen LogP contribution in [-0.4, -0.2) is 49.7 Å². The molecule has 3 rings (SSSR count). The third-order valence-electron chi connectivity index (χ3n) is 3.89. The fraction of sp³-hybridized carbons (Fsp3) is 0.375. The first-order valence-electron chi connectivity index (χ1n) is 7.80. The minimum atomic E-state index is -0.283. The number of carbonyl (C=O) groups is 1. The molecule has 0 aromatic carbocycles. The second kappa shape index (κ2) is 7.09. The van der Waals surface area contributed by atoms with Gasteiger partial charge in [-0.1, -0.05) is 0 Å². The molecule has 0 N–H and O–H groups in total. The quantitative estimate of drug-likeness (QED) is 0.780. The standard InChI is InChI=1S/C16H16N6O3/c1-21-14(23)5-4-12(20-21)16(24)22-8-2-3-11(10-22)25-15-13(9-17)18-6-7-19-15/h4-7,11H,2-3,8,10H2,1H3/t11-/m1/s1. The van der Waals surface area contributed by atoms with E-state index < -0.39 is 0 Å². The molecule has 9 nitrogen and oxygen atoms in total. The first kappa shape index (κ1) is 16.6. The molecule has 2 aromatic rings. The summed E-state index contributed by atoms with van der Waals surface area (Å²) in [6.07, 6.45) is 4.09. The molecule has 1 aliphatic heterocycles. The van der Waals surface area contributed by atoms with Crippen molar-refractivity contribution in [3.63, 3.8) is 0 Å². The van der Waals surface area contributed by atoms with E-state index in [-0.39, 0.29) is 34.8 Å². The van der Waals surface area contributed by atoms with Crippen LogP contribution in [0.5, 0.6) is 5.88 Å². The van der Waals surface area contributed by atoms with Crippen molar-refractivity contribution in [1.82, 2.24) is 24.6 Å². The van der Waals surface area contributed by atoms with Crippen LogP contribution < -0.4 is 10.3 Å². The van der Waals surface area contributed by atoms with Crippen molar-refractivity contribution in [2.75, 3.05) is 13.1 Å². The van der Waals surface area contributed by atoms with Gasteiger partial charge < -0.3 is 9.64 Å². The molecule has 3 heterocycles. The van der Waals surface area contributed by atoms with Gasteiger partial charge in [0.1, 0.15) is 17.9 Å². The van der Waals surface area contributed by atoms with Gasteiger partial charge in [-0.25, -0.2) is 14.6 Å². The zero-order valence-electron chi connectivity index (χ0n) is 13.6. The third kappa shape index (κ3) is 3.63. The van der Waals surface area contributed by atoms with Crippen LogP contribution in [0.2, 0.25) is 0 Å². The first-order valence-corrected chi connectivity index (χ1v) is 7.80. The van der Waals surface area contributed by atoms with E-state index in [0.29, 0.717) is 13.1 Å². The maximum absolute atomic E-state index is 12.6. The monoisotopic (exact) mass is 340 g/mol. The fourth-order valence-electron chi connectivity index (χ4n) is 2.64. The Bertz CT molecular complexity index is 888. The molecule has 0 unspecified atom stereocenters. The Morgan fingerprint density at radius 1 is 1.36 bits per heavy atom. The highest BCUT2D eigenvalue weighted by atomic mass is 16.5. The van der Waals surface area contributed by atoms with Crippen molar-refractivity contribution in [3.8, 4) is 11.9 Å². The highest BCUT2D eigenvalue weighted by Gasteiger charge is 2.27. The van der Waals surface area contributed by atoms with Crippen molar-refractivity contribution in [2.24, 2.45) is 7.05 Å². The zero-order chi connectivity index (χ0) is 17.8. The van der Waals surface area contributed by atoms with Crippen LogP contribution in [0.25, 0.3) is 0 Å². The highest BCUT2D eigenvalue weighted by Crippen LogP contribution is 2.19. The molecule has 0 spiro atoms. The summed E-state index contributed by atoms with van der Waals surface area (Å²) in [5.41, 5.74) is 0.0498. The molecule has 9 heteroatoms. The number of aryl methyl sites for hydroxylation is 1. The van der Waals surface area contributed by atoms with Gasteiger partial charge in [-0.15, -0.1) is 0 Å². The number of carbonyl (C=O) groups excluding carboxylic acids is 1. The normalized spacial score (nSPS) is 17.0. The Morgan fingerprint density at radius 2 is 2.16 bits per heavy atom. The molecule has 0 radical (unpaired) electrons. The Morgan fingerprint density at radius 3 is 2.92 bits per heavy atom. The molecule has 2 aromatic heterocycles. The lowest BCUT2D eigenvalue weighted by Crippen LogP contribution is -2.45. The molecule has 1 fully saturated rings. The number of ether oxygens (including phenoxy) is 1. The number of nitrogens with zero attached hydrogens (tertiary/aromatic N) is 6. The van der Waals surface area contributed by atoms with Gasteiger partial charge in [-0.05, 0) is 18.9 Å². The Kier molecular flexibility index (Phi) is 4.70. The van der Waals surface area contributed by atoms with E-state index in [0.717, 1.165) is 17.5 Å². The summed E-state index contributed by atoms with van der Waals surface area (Å²) in [5, 5.41) is 13.0. The second-order valence-electron chi connectivity index (χ2n) is 5.64. The Labute approximate surface area is 143 Å². The van der Waals surface area contributed by atoms with Gasteiger partial charge in [0.15, 0.2) is 0 Å². The van der Waals surface area contributed by atoms with Crippen molar-refractivity contribution < 1.29 is 9.53 Å². The van der Waals surface area contributed by atoms with Gasteiger partial charge in [0, 0.05) is 32.1 Å². The molecule has 1 aliphatic rings. The molecule has 25 heavy (non-hydrogen) atoms. The molecule has 128 valence electrons. The Hall–Kier alpha value is -3.28. The summed E-state index contributed by atoms with van der Waals surface area (Å²) >= 11 is 0. The van der Waals surface area contributed by atoms with Gasteiger partial charge in [-0.3, -0.25) is 9.59 Å². The van der Waals surface area contributed by atoms with Gasteiger partial charge in [0.25, 0.3) is 17.3 Å². The number of rotatable bonds is 3. The maximum atomic E-state index is 12.6. The minimum absolute atomic E-state index is 0.116. The number of piperidine rings is 1. The number of hydrogen-bond donors (Lipinski definition) is 0. The van der Waals surface area contributed by atoms with E-state index in [2.05, 4.69) is 15.1 Å². The van der Waals surface area contributed by atoms with Crippen LogP contribution in [0.4, 0.5) is 0 Å². The number of aromatic nitrogens is 4. The average Bonchev–Trinajstić information content (AvgIpc) is 2.64. The van der Waals surface area contributed by atoms with Crippen LogP contribution in [-0.2, 0) is 7.05 Å². The molecule has 1 atom stereocenters. The number of hydrogen-bond acceptors (Lipinski definition) is 7. The lowest BCUT2D eigenvalue weighted by Gasteiger charge is -2.32. The van der Waals surface area contributed by atoms with E-state index in [1.165, 1.54) is 31.6 Å². The lowest BCUT2D eigenvalue weighted by molar-refractivity contribution is 0.0518. The van der Waals surface area contributed by atoms with Crippen molar-refractivity contribution >= 4 is 5.91 Å². The summed E-state index contributed by atoms with van der Waals surface area (Å²) in [7, 11) is 1.50. The van der Waals surface area contributed by atoms with E-state index >= 15 is 0 Å². The molecule has 0 bridgehead atoms. The molecular weight excluding hydrogens is 324 g/mol. The SMILES string of the molecule is Cn1nc(C(=O)N2CCC[C@@H](Oc3nccnc3C#N)C2)ccc1=O. The fourth-order valence-corrected chi connectivity index (χ4v) is 2.64. The molecular formula is C16H16N6O3. The summed E-state index contributed by atoms with van der Waals surface area (Å²) < 4.78 is 6.90. The number of amides is 1. The van der Waals surface area contributed by atoms with Crippen molar-refractivity contribution in [3.05, 3.63) is 46.3 Å². The van der Waals surface area contributed by atoms with E-state index in [9.17, 15) is 9.59 Å². The van der Waals surface area contributed by atoms with Crippen LogP contribution in [0, 0.1) is 11.3 Å². The zero-order valence-corrected chi connectivity index (χ0v) is 13.6. The topological polar surface area (TPSA) is 114 Å². The van der Waals surface area contributed by atoms with E-state index in [1.54, 1.807) is 4.90 Å². The van der Waals surface area contributed by atoms with Crippen LogP contribution in [0.1, 0.15) is 29.0 Å². The van der Waals surface area contributed by atoms with Crippen LogP contribution in [0.3, 0.4) is 0 Å². The predicted octanol–water partition coefficient (Wildman–Crippen LogP) is 0.126. The summed E-state index contributed by atoms with van der Waals surface area (Å²) in [6.45, 7) is 0.930. The summed E-state index contributed by atoms with van der Waals surface area (Å²) in [6, 6.07) is 4.67. The van der Waals surface area contributed by atoms with Crippen LogP contribution >= 0.6 is 0 Å². The van der Waals surface area contributed by atoms with Gasteiger partial charge in [-0.2, -0.15) is 10.4 Å². The Balaban J connectivity index is 1.72. The molecule has 1 saturated heterocycles. The molecule has 0 saturated carbocycles. The van der Waals surface area contributed by atoms with Crippen LogP contribution in [0.15, 0.2) is 29.3 Å². The maximum Gasteiger partial charge on any atom is 0.274 e. The predicted molar refractivity (Wildman–Crippen MR) is 85.8 cm³/mol. The molecule has 1 amide bonds. The van der Waals surface area contributed by atoms with Crippen molar-refractivity contribution in [1.29, 1.82) is 5.26 Å².